The Kier molecular flexibility index (Phi) is 2.86. The number of hydrogen-bond donors (Lipinski definition) is 0. The number of nitrogens with zero attached hydrogens (tertiary/aromatic N) is 1. The fraction of sp³-hybridized carbons (Fsp3) is 0.238. The summed E-state index contributed by atoms with van der Waals surface area (Å²) in [6.45, 7) is 1.89. The van der Waals surface area contributed by atoms with Gasteiger partial charge in [0.15, 0.2) is 0 Å². The number of amides is 2. The maximum Gasteiger partial charge on any atom is 0.241 e. The second-order valence-electron chi connectivity index (χ2n) is 7.02. The lowest BCUT2D eigenvalue weighted by molar-refractivity contribution is -0.126. The van der Waals surface area contributed by atoms with Gasteiger partial charge in [-0.1, -0.05) is 60.7 Å². The van der Waals surface area contributed by atoms with Gasteiger partial charge >= 0.3 is 0 Å². The van der Waals surface area contributed by atoms with Crippen molar-refractivity contribution in [2.45, 2.75) is 18.6 Å². The zero-order valence-corrected chi connectivity index (χ0v) is 13.8. The molecule has 4 atom stereocenters. The second-order valence-corrected chi connectivity index (χ2v) is 7.02. The van der Waals surface area contributed by atoms with E-state index < -0.39 is 17.4 Å². The first-order valence-electron chi connectivity index (χ1n) is 8.49. The quantitative estimate of drug-likeness (QED) is 0.627. The van der Waals surface area contributed by atoms with Gasteiger partial charge in [0, 0.05) is 5.56 Å². The molecule has 3 aliphatic rings. The standard InChI is InChI=1S/C21H17NO3/c1-21-12-11-16(25-21)17-18(21)20(24)22(19(17)23)15-10-6-5-9-14(15)13-7-3-2-4-8-13/h2-12,16-18H,1H3/t16-,17+,18+,21-/m0/s1. The predicted octanol–water partition coefficient (Wildman–Crippen LogP) is 3.19. The highest BCUT2D eigenvalue weighted by molar-refractivity contribution is 6.24. The molecule has 0 radical (unpaired) electrons. The fourth-order valence-corrected chi connectivity index (χ4v) is 4.42. The van der Waals surface area contributed by atoms with E-state index >= 15 is 0 Å². The number of hydrogen-bond acceptors (Lipinski definition) is 3. The summed E-state index contributed by atoms with van der Waals surface area (Å²) in [6, 6.07) is 17.4. The third kappa shape index (κ3) is 1.86. The van der Waals surface area contributed by atoms with Crippen molar-refractivity contribution in [3.8, 4) is 11.1 Å². The highest BCUT2D eigenvalue weighted by Gasteiger charge is 2.66. The van der Waals surface area contributed by atoms with Crippen LogP contribution in [-0.4, -0.2) is 23.5 Å². The molecule has 0 unspecified atom stereocenters. The van der Waals surface area contributed by atoms with E-state index in [0.29, 0.717) is 5.69 Å². The molecule has 4 nitrogen and oxygen atoms in total. The summed E-state index contributed by atoms with van der Waals surface area (Å²) >= 11 is 0. The molecule has 3 heterocycles. The van der Waals surface area contributed by atoms with Gasteiger partial charge in [-0.2, -0.15) is 0 Å². The van der Waals surface area contributed by atoms with Gasteiger partial charge in [0.2, 0.25) is 11.8 Å². The highest BCUT2D eigenvalue weighted by Crippen LogP contribution is 2.52. The summed E-state index contributed by atoms with van der Waals surface area (Å²) in [5, 5.41) is 0. The minimum atomic E-state index is -0.668. The minimum absolute atomic E-state index is 0.156. The number of para-hydroxylation sites is 1. The van der Waals surface area contributed by atoms with Crippen LogP contribution in [0.15, 0.2) is 66.7 Å². The number of fused-ring (bicyclic) bond motifs is 5. The molecule has 0 aliphatic carbocycles. The van der Waals surface area contributed by atoms with Crippen LogP contribution < -0.4 is 4.90 Å². The number of rotatable bonds is 2. The molecule has 2 aromatic rings. The van der Waals surface area contributed by atoms with Crippen molar-refractivity contribution in [2.75, 3.05) is 4.90 Å². The molecule has 0 aromatic heterocycles. The highest BCUT2D eigenvalue weighted by atomic mass is 16.5. The third-order valence-electron chi connectivity index (χ3n) is 5.56. The smallest absolute Gasteiger partial charge is 0.241 e. The summed E-state index contributed by atoms with van der Waals surface area (Å²) in [6.07, 6.45) is 3.55. The van der Waals surface area contributed by atoms with E-state index in [2.05, 4.69) is 0 Å². The van der Waals surface area contributed by atoms with Gasteiger partial charge in [0.05, 0.1) is 29.2 Å². The van der Waals surface area contributed by atoms with Crippen LogP contribution >= 0.6 is 0 Å². The van der Waals surface area contributed by atoms with Crippen LogP contribution in [0.4, 0.5) is 5.69 Å². The van der Waals surface area contributed by atoms with Crippen LogP contribution in [0.3, 0.4) is 0 Å². The number of carbonyl (C=O) groups excluding carboxylic acids is 2. The molecule has 2 aromatic carbocycles. The van der Waals surface area contributed by atoms with Crippen LogP contribution in [0.1, 0.15) is 6.92 Å². The van der Waals surface area contributed by atoms with Crippen molar-refractivity contribution >= 4 is 17.5 Å². The molecule has 2 saturated heterocycles. The Morgan fingerprint density at radius 2 is 1.68 bits per heavy atom. The van der Waals surface area contributed by atoms with Crippen LogP contribution in [-0.2, 0) is 14.3 Å². The molecule has 3 aliphatic heterocycles. The number of anilines is 1. The Balaban J connectivity index is 1.63. The van der Waals surface area contributed by atoms with Gasteiger partial charge in [0.25, 0.3) is 0 Å². The molecular formula is C21H17NO3. The number of imide groups is 1. The lowest BCUT2D eigenvalue weighted by atomic mass is 9.78. The van der Waals surface area contributed by atoms with Gasteiger partial charge < -0.3 is 4.74 Å². The summed E-state index contributed by atoms with van der Waals surface area (Å²) in [4.78, 5) is 27.6. The Bertz CT molecular complexity index is 920. The van der Waals surface area contributed by atoms with Crippen molar-refractivity contribution in [3.05, 3.63) is 66.7 Å². The maximum absolute atomic E-state index is 13.2. The molecule has 2 bridgehead atoms. The summed E-state index contributed by atoms with van der Waals surface area (Å²) < 4.78 is 5.89. The SMILES string of the molecule is C[C@@]12C=C[C@H](O1)[C@H]1C(=O)N(c3ccccc3-c3ccccc3)C(=O)[C@@H]12. The Morgan fingerprint density at radius 3 is 2.44 bits per heavy atom. The first-order chi connectivity index (χ1) is 12.1. The van der Waals surface area contributed by atoms with Crippen molar-refractivity contribution in [1.82, 2.24) is 0 Å². The van der Waals surface area contributed by atoms with Crippen molar-refractivity contribution in [3.63, 3.8) is 0 Å². The van der Waals surface area contributed by atoms with E-state index in [1.54, 1.807) is 0 Å². The second kappa shape index (κ2) is 4.90. The number of carbonyl (C=O) groups is 2. The molecular weight excluding hydrogens is 314 g/mol. The number of ether oxygens (including phenoxy) is 1. The van der Waals surface area contributed by atoms with E-state index in [-0.39, 0.29) is 17.9 Å². The van der Waals surface area contributed by atoms with Gasteiger partial charge in [-0.25, -0.2) is 4.90 Å². The fourth-order valence-electron chi connectivity index (χ4n) is 4.42. The molecule has 5 rings (SSSR count). The van der Waals surface area contributed by atoms with Crippen LogP contribution in [0.5, 0.6) is 0 Å². The molecule has 0 N–H and O–H groups in total. The van der Waals surface area contributed by atoms with E-state index in [0.717, 1.165) is 11.1 Å². The van der Waals surface area contributed by atoms with Gasteiger partial charge in [0.1, 0.15) is 0 Å². The molecule has 25 heavy (non-hydrogen) atoms. The molecule has 4 heteroatoms. The van der Waals surface area contributed by atoms with Crippen LogP contribution in [0.25, 0.3) is 11.1 Å². The van der Waals surface area contributed by atoms with Crippen LogP contribution in [0, 0.1) is 11.8 Å². The summed E-state index contributed by atoms with van der Waals surface area (Å²) in [7, 11) is 0. The Morgan fingerprint density at radius 1 is 0.960 bits per heavy atom. The zero-order valence-electron chi connectivity index (χ0n) is 13.8. The molecule has 0 spiro atoms. The molecule has 2 fully saturated rings. The molecule has 2 amide bonds. The van der Waals surface area contributed by atoms with E-state index in [9.17, 15) is 9.59 Å². The van der Waals surface area contributed by atoms with E-state index in [1.165, 1.54) is 4.90 Å². The van der Waals surface area contributed by atoms with Gasteiger partial charge in [-0.3, -0.25) is 9.59 Å². The average molecular weight is 331 g/mol. The Labute approximate surface area is 145 Å². The van der Waals surface area contributed by atoms with Crippen molar-refractivity contribution in [2.24, 2.45) is 11.8 Å². The molecule has 0 saturated carbocycles. The van der Waals surface area contributed by atoms with Gasteiger partial charge in [-0.05, 0) is 18.6 Å². The zero-order chi connectivity index (χ0) is 17.2. The lowest BCUT2D eigenvalue weighted by Gasteiger charge is -2.25. The van der Waals surface area contributed by atoms with Crippen LogP contribution in [0.2, 0.25) is 0 Å². The number of benzene rings is 2. The normalized spacial score (nSPS) is 32.5. The first-order valence-corrected chi connectivity index (χ1v) is 8.49. The minimum Gasteiger partial charge on any atom is -0.362 e. The van der Waals surface area contributed by atoms with E-state index in [1.807, 2.05) is 73.7 Å². The lowest BCUT2D eigenvalue weighted by Crippen LogP contribution is -2.38. The van der Waals surface area contributed by atoms with Crippen molar-refractivity contribution < 1.29 is 14.3 Å². The maximum atomic E-state index is 13.2. The predicted molar refractivity (Wildman–Crippen MR) is 93.8 cm³/mol. The first kappa shape index (κ1) is 14.6. The third-order valence-corrected chi connectivity index (χ3v) is 5.56. The summed E-state index contributed by atoms with van der Waals surface area (Å²) in [5.74, 6) is -1.16. The summed E-state index contributed by atoms with van der Waals surface area (Å²) in [5.41, 5.74) is 1.86. The molecule has 124 valence electrons. The Hall–Kier alpha value is -2.72. The van der Waals surface area contributed by atoms with Gasteiger partial charge in [-0.15, -0.1) is 0 Å². The van der Waals surface area contributed by atoms with E-state index in [4.69, 9.17) is 4.74 Å². The average Bonchev–Trinajstić information content (AvgIpc) is 3.24. The van der Waals surface area contributed by atoms with Crippen molar-refractivity contribution in [1.29, 1.82) is 0 Å². The largest absolute Gasteiger partial charge is 0.362 e. The topological polar surface area (TPSA) is 46.6 Å². The monoisotopic (exact) mass is 331 g/mol.